The van der Waals surface area contributed by atoms with E-state index in [1.165, 1.54) is 11.3 Å². The molecule has 0 fully saturated rings. The zero-order valence-corrected chi connectivity index (χ0v) is 10.7. The minimum atomic E-state index is -0.197. The Labute approximate surface area is 108 Å². The fourth-order valence-corrected chi connectivity index (χ4v) is 2.34. The summed E-state index contributed by atoms with van der Waals surface area (Å²) in [6.45, 7) is 0. The van der Waals surface area contributed by atoms with E-state index < -0.39 is 0 Å². The van der Waals surface area contributed by atoms with Crippen LogP contribution in [0.4, 0.5) is 5.13 Å². The molecule has 0 bridgehead atoms. The van der Waals surface area contributed by atoms with Gasteiger partial charge in [-0.25, -0.2) is 4.98 Å². The zero-order chi connectivity index (χ0) is 13.0. The van der Waals surface area contributed by atoms with Crippen LogP contribution in [0.25, 0.3) is 10.2 Å². The van der Waals surface area contributed by atoms with Crippen molar-refractivity contribution in [3.8, 4) is 0 Å². The molecular weight excluding hydrogens is 250 g/mol. The van der Waals surface area contributed by atoms with E-state index in [1.807, 2.05) is 24.3 Å². The molecule has 2 rings (SSSR count). The van der Waals surface area contributed by atoms with Crippen molar-refractivity contribution in [2.24, 2.45) is 0 Å². The second kappa shape index (κ2) is 5.59. The molecule has 0 unspecified atom stereocenters. The van der Waals surface area contributed by atoms with Crippen LogP contribution >= 0.6 is 11.3 Å². The van der Waals surface area contributed by atoms with Crippen LogP contribution in [0.1, 0.15) is 12.8 Å². The Morgan fingerprint density at radius 1 is 1.22 bits per heavy atom. The molecule has 2 N–H and O–H groups in total. The zero-order valence-electron chi connectivity index (χ0n) is 9.90. The van der Waals surface area contributed by atoms with Gasteiger partial charge in [-0.2, -0.15) is 0 Å². The van der Waals surface area contributed by atoms with Crippen molar-refractivity contribution in [2.45, 2.75) is 12.8 Å². The van der Waals surface area contributed by atoms with Crippen molar-refractivity contribution in [3.05, 3.63) is 24.3 Å². The molecule has 0 aliphatic heterocycles. The SMILES string of the molecule is CNC(=O)CCC(=O)Nc1nc2ccccc2s1. The number of nitrogens with zero attached hydrogens (tertiary/aromatic N) is 1. The maximum absolute atomic E-state index is 11.6. The largest absolute Gasteiger partial charge is 0.359 e. The summed E-state index contributed by atoms with van der Waals surface area (Å²) in [4.78, 5) is 26.9. The van der Waals surface area contributed by atoms with Gasteiger partial charge in [0.15, 0.2) is 5.13 Å². The molecule has 2 aromatic rings. The summed E-state index contributed by atoms with van der Waals surface area (Å²) in [6, 6.07) is 7.68. The first-order valence-corrected chi connectivity index (χ1v) is 6.36. The first-order chi connectivity index (χ1) is 8.69. The van der Waals surface area contributed by atoms with Crippen LogP contribution < -0.4 is 10.6 Å². The highest BCUT2D eigenvalue weighted by Crippen LogP contribution is 2.25. The minimum Gasteiger partial charge on any atom is -0.359 e. The summed E-state index contributed by atoms with van der Waals surface area (Å²) in [6.07, 6.45) is 0.350. The lowest BCUT2D eigenvalue weighted by Gasteiger charge is -2.00. The van der Waals surface area contributed by atoms with E-state index in [1.54, 1.807) is 7.05 Å². The van der Waals surface area contributed by atoms with E-state index in [4.69, 9.17) is 0 Å². The number of amides is 2. The van der Waals surface area contributed by atoms with Crippen molar-refractivity contribution in [1.82, 2.24) is 10.3 Å². The lowest BCUT2D eigenvalue weighted by atomic mass is 10.3. The van der Waals surface area contributed by atoms with Crippen molar-refractivity contribution in [1.29, 1.82) is 0 Å². The van der Waals surface area contributed by atoms with Crippen molar-refractivity contribution >= 4 is 38.5 Å². The van der Waals surface area contributed by atoms with Crippen LogP contribution in [0.5, 0.6) is 0 Å². The van der Waals surface area contributed by atoms with Gasteiger partial charge >= 0.3 is 0 Å². The molecule has 1 aromatic carbocycles. The molecule has 1 heterocycles. The number of fused-ring (bicyclic) bond motifs is 1. The standard InChI is InChI=1S/C12H13N3O2S/c1-13-10(16)6-7-11(17)15-12-14-8-4-2-3-5-9(8)18-12/h2-5H,6-7H2,1H3,(H,13,16)(H,14,15,17). The Morgan fingerprint density at radius 3 is 2.67 bits per heavy atom. The lowest BCUT2D eigenvalue weighted by molar-refractivity contribution is -0.124. The number of rotatable bonds is 4. The normalized spacial score (nSPS) is 10.3. The van der Waals surface area contributed by atoms with Crippen LogP contribution in [0, 0.1) is 0 Å². The number of anilines is 1. The summed E-state index contributed by atoms with van der Waals surface area (Å²) < 4.78 is 1.03. The number of carbonyl (C=O) groups is 2. The first-order valence-electron chi connectivity index (χ1n) is 5.55. The predicted molar refractivity (Wildman–Crippen MR) is 71.6 cm³/mol. The summed E-state index contributed by atoms with van der Waals surface area (Å²) in [5.41, 5.74) is 0.865. The average Bonchev–Trinajstić information content (AvgIpc) is 2.77. The van der Waals surface area contributed by atoms with E-state index in [0.717, 1.165) is 10.2 Å². The Morgan fingerprint density at radius 2 is 1.94 bits per heavy atom. The lowest BCUT2D eigenvalue weighted by Crippen LogP contribution is -2.20. The van der Waals surface area contributed by atoms with Gasteiger partial charge < -0.3 is 10.6 Å². The van der Waals surface area contributed by atoms with Crippen molar-refractivity contribution in [2.75, 3.05) is 12.4 Å². The monoisotopic (exact) mass is 263 g/mol. The van der Waals surface area contributed by atoms with Crippen molar-refractivity contribution < 1.29 is 9.59 Å². The third-order valence-corrected chi connectivity index (χ3v) is 3.35. The molecule has 6 heteroatoms. The number of hydrogen-bond donors (Lipinski definition) is 2. The third kappa shape index (κ3) is 3.04. The Bertz CT molecular complexity index is 546. The Kier molecular flexibility index (Phi) is 3.88. The smallest absolute Gasteiger partial charge is 0.226 e. The van der Waals surface area contributed by atoms with Crippen LogP contribution in [0.15, 0.2) is 24.3 Å². The number of para-hydroxylation sites is 1. The van der Waals surface area contributed by atoms with E-state index in [2.05, 4.69) is 15.6 Å². The molecule has 5 nitrogen and oxygen atoms in total. The van der Waals surface area contributed by atoms with Gasteiger partial charge in [0.1, 0.15) is 0 Å². The van der Waals surface area contributed by atoms with Gasteiger partial charge in [0.2, 0.25) is 11.8 Å². The molecule has 0 spiro atoms. The highest BCUT2D eigenvalue weighted by atomic mass is 32.1. The summed E-state index contributed by atoms with van der Waals surface area (Å²) in [5, 5.41) is 5.74. The van der Waals surface area contributed by atoms with Crippen LogP contribution in [-0.4, -0.2) is 23.8 Å². The predicted octanol–water partition coefficient (Wildman–Crippen LogP) is 1.76. The molecule has 0 radical (unpaired) electrons. The quantitative estimate of drug-likeness (QED) is 0.883. The maximum Gasteiger partial charge on any atom is 0.226 e. The van der Waals surface area contributed by atoms with Crippen LogP contribution in [0.2, 0.25) is 0 Å². The molecule has 0 aliphatic carbocycles. The number of nitrogens with one attached hydrogen (secondary N) is 2. The third-order valence-electron chi connectivity index (χ3n) is 2.40. The van der Waals surface area contributed by atoms with Gasteiger partial charge in [-0.15, -0.1) is 0 Å². The Balaban J connectivity index is 1.96. The van der Waals surface area contributed by atoms with Gasteiger partial charge in [0, 0.05) is 19.9 Å². The molecule has 0 atom stereocenters. The molecule has 0 saturated carbocycles. The van der Waals surface area contributed by atoms with E-state index in [0.29, 0.717) is 5.13 Å². The van der Waals surface area contributed by atoms with E-state index in [9.17, 15) is 9.59 Å². The number of aromatic nitrogens is 1. The second-order valence-electron chi connectivity index (χ2n) is 3.71. The van der Waals surface area contributed by atoms with Crippen LogP contribution in [0.3, 0.4) is 0 Å². The van der Waals surface area contributed by atoms with Gasteiger partial charge in [-0.05, 0) is 12.1 Å². The highest BCUT2D eigenvalue weighted by Gasteiger charge is 2.09. The highest BCUT2D eigenvalue weighted by molar-refractivity contribution is 7.22. The molecule has 18 heavy (non-hydrogen) atoms. The summed E-state index contributed by atoms with van der Waals surface area (Å²) in [7, 11) is 1.55. The molecule has 94 valence electrons. The van der Waals surface area contributed by atoms with E-state index >= 15 is 0 Å². The fourth-order valence-electron chi connectivity index (χ4n) is 1.46. The number of benzene rings is 1. The summed E-state index contributed by atoms with van der Waals surface area (Å²) in [5.74, 6) is -0.341. The fraction of sp³-hybridized carbons (Fsp3) is 0.250. The number of carbonyl (C=O) groups excluding carboxylic acids is 2. The topological polar surface area (TPSA) is 71.1 Å². The van der Waals surface area contributed by atoms with Crippen molar-refractivity contribution in [3.63, 3.8) is 0 Å². The number of thiazole rings is 1. The average molecular weight is 263 g/mol. The second-order valence-corrected chi connectivity index (χ2v) is 4.74. The van der Waals surface area contributed by atoms with Gasteiger partial charge in [-0.1, -0.05) is 23.5 Å². The minimum absolute atomic E-state index is 0.144. The van der Waals surface area contributed by atoms with E-state index in [-0.39, 0.29) is 24.7 Å². The Hall–Kier alpha value is -1.95. The molecule has 0 saturated heterocycles. The molecule has 2 amide bonds. The van der Waals surface area contributed by atoms with Gasteiger partial charge in [-0.3, -0.25) is 9.59 Å². The molecular formula is C12H13N3O2S. The first kappa shape index (κ1) is 12.5. The maximum atomic E-state index is 11.6. The van der Waals surface area contributed by atoms with Gasteiger partial charge in [0.05, 0.1) is 10.2 Å². The number of hydrogen-bond acceptors (Lipinski definition) is 4. The van der Waals surface area contributed by atoms with Gasteiger partial charge in [0.25, 0.3) is 0 Å². The molecule has 1 aromatic heterocycles. The van der Waals surface area contributed by atoms with Crippen LogP contribution in [-0.2, 0) is 9.59 Å². The summed E-state index contributed by atoms with van der Waals surface area (Å²) >= 11 is 1.42. The molecule has 0 aliphatic rings.